The topological polar surface area (TPSA) is 38.9 Å². The molecule has 0 amide bonds. The molecular formula is C23H21FN2S. The molecule has 0 radical (unpaired) electrons. The van der Waals surface area contributed by atoms with Gasteiger partial charge in [-0.2, -0.15) is 0 Å². The largest absolute Gasteiger partial charge is 0.398 e. The van der Waals surface area contributed by atoms with E-state index in [2.05, 4.69) is 32.9 Å². The number of hydrogen-bond acceptors (Lipinski definition) is 3. The summed E-state index contributed by atoms with van der Waals surface area (Å²) in [5.41, 5.74) is 12.0. The first-order valence-electron chi connectivity index (χ1n) is 8.89. The van der Waals surface area contributed by atoms with E-state index in [9.17, 15) is 4.39 Å². The molecule has 27 heavy (non-hydrogen) atoms. The molecule has 0 unspecified atom stereocenters. The van der Waals surface area contributed by atoms with Gasteiger partial charge in [0.05, 0.1) is 10.2 Å². The molecule has 0 bridgehead atoms. The third kappa shape index (κ3) is 3.33. The van der Waals surface area contributed by atoms with Crippen molar-refractivity contribution in [2.24, 2.45) is 0 Å². The monoisotopic (exact) mass is 376 g/mol. The maximum atomic E-state index is 13.4. The minimum absolute atomic E-state index is 0.00109. The van der Waals surface area contributed by atoms with Crippen molar-refractivity contribution in [2.45, 2.75) is 26.2 Å². The van der Waals surface area contributed by atoms with Gasteiger partial charge in [0.2, 0.25) is 0 Å². The maximum absolute atomic E-state index is 13.4. The van der Waals surface area contributed by atoms with Crippen LogP contribution in [0.25, 0.3) is 31.9 Å². The van der Waals surface area contributed by atoms with E-state index in [1.54, 1.807) is 11.3 Å². The molecule has 1 aromatic heterocycles. The number of benzene rings is 3. The SMILES string of the molecule is CC(C)(C)c1cc(-c2ccc(F)cc2)c2nc(-c3ccccc3N)sc2c1. The van der Waals surface area contributed by atoms with Gasteiger partial charge in [0.25, 0.3) is 0 Å². The van der Waals surface area contributed by atoms with E-state index in [0.717, 1.165) is 37.6 Å². The number of thiazole rings is 1. The lowest BCUT2D eigenvalue weighted by Gasteiger charge is -2.20. The van der Waals surface area contributed by atoms with Gasteiger partial charge in [-0.3, -0.25) is 0 Å². The van der Waals surface area contributed by atoms with Crippen LogP contribution < -0.4 is 5.73 Å². The lowest BCUT2D eigenvalue weighted by Crippen LogP contribution is -2.11. The second-order valence-electron chi connectivity index (χ2n) is 7.73. The van der Waals surface area contributed by atoms with Gasteiger partial charge < -0.3 is 5.73 Å². The number of nitrogens with two attached hydrogens (primary N) is 1. The van der Waals surface area contributed by atoms with E-state index in [1.807, 2.05) is 36.4 Å². The minimum Gasteiger partial charge on any atom is -0.398 e. The fourth-order valence-electron chi connectivity index (χ4n) is 3.12. The fourth-order valence-corrected chi connectivity index (χ4v) is 4.20. The Bertz CT molecular complexity index is 1120. The first kappa shape index (κ1) is 17.7. The van der Waals surface area contributed by atoms with Gasteiger partial charge in [0.1, 0.15) is 10.8 Å². The van der Waals surface area contributed by atoms with Crippen LogP contribution in [0.5, 0.6) is 0 Å². The summed E-state index contributed by atoms with van der Waals surface area (Å²) < 4.78 is 14.5. The van der Waals surface area contributed by atoms with Gasteiger partial charge in [0.15, 0.2) is 0 Å². The predicted molar refractivity (Wildman–Crippen MR) is 114 cm³/mol. The molecule has 0 aliphatic rings. The summed E-state index contributed by atoms with van der Waals surface area (Å²) in [5, 5.41) is 0.900. The summed E-state index contributed by atoms with van der Waals surface area (Å²) in [4.78, 5) is 4.91. The van der Waals surface area contributed by atoms with Crippen LogP contribution in [0.3, 0.4) is 0 Å². The van der Waals surface area contributed by atoms with E-state index in [1.165, 1.54) is 17.7 Å². The van der Waals surface area contributed by atoms with Crippen LogP contribution in [0.4, 0.5) is 10.1 Å². The number of anilines is 1. The van der Waals surface area contributed by atoms with Crippen LogP contribution in [0.15, 0.2) is 60.7 Å². The highest BCUT2D eigenvalue weighted by Gasteiger charge is 2.20. The van der Waals surface area contributed by atoms with Crippen LogP contribution in [0.2, 0.25) is 0 Å². The van der Waals surface area contributed by atoms with Gasteiger partial charge in [0, 0.05) is 16.8 Å². The number of halogens is 1. The number of hydrogen-bond donors (Lipinski definition) is 1. The molecule has 4 rings (SSSR count). The Labute approximate surface area is 162 Å². The summed E-state index contributed by atoms with van der Waals surface area (Å²) in [6.45, 7) is 6.58. The summed E-state index contributed by atoms with van der Waals surface area (Å²) in [7, 11) is 0. The smallest absolute Gasteiger partial charge is 0.126 e. The third-order valence-corrected chi connectivity index (χ3v) is 5.74. The number of nitrogens with zero attached hydrogens (tertiary/aromatic N) is 1. The van der Waals surface area contributed by atoms with Crippen molar-refractivity contribution in [3.05, 3.63) is 72.0 Å². The molecule has 0 saturated heterocycles. The molecule has 0 aliphatic heterocycles. The quantitative estimate of drug-likeness (QED) is 0.398. The minimum atomic E-state index is -0.238. The molecule has 4 heteroatoms. The van der Waals surface area contributed by atoms with Crippen LogP contribution >= 0.6 is 11.3 Å². The van der Waals surface area contributed by atoms with Gasteiger partial charge in [-0.05, 0) is 52.9 Å². The van der Waals surface area contributed by atoms with Crippen LogP contribution in [0, 0.1) is 5.82 Å². The Hall–Kier alpha value is -2.72. The molecule has 0 spiro atoms. The van der Waals surface area contributed by atoms with Crippen molar-refractivity contribution in [1.29, 1.82) is 0 Å². The van der Waals surface area contributed by atoms with Crippen molar-refractivity contribution in [2.75, 3.05) is 5.73 Å². The maximum Gasteiger partial charge on any atom is 0.126 e. The average Bonchev–Trinajstić information content (AvgIpc) is 3.05. The second-order valence-corrected chi connectivity index (χ2v) is 8.76. The number of fused-ring (bicyclic) bond motifs is 1. The Kier molecular flexibility index (Phi) is 4.23. The summed E-state index contributed by atoms with van der Waals surface area (Å²) in [6, 6.07) is 18.8. The zero-order valence-electron chi connectivity index (χ0n) is 15.6. The first-order valence-corrected chi connectivity index (χ1v) is 9.70. The highest BCUT2D eigenvalue weighted by atomic mass is 32.1. The van der Waals surface area contributed by atoms with E-state index in [4.69, 9.17) is 10.7 Å². The van der Waals surface area contributed by atoms with Gasteiger partial charge in [-0.1, -0.05) is 45.0 Å². The summed E-state index contributed by atoms with van der Waals surface area (Å²) in [5.74, 6) is -0.238. The number of aromatic nitrogens is 1. The molecular weight excluding hydrogens is 355 g/mol. The number of rotatable bonds is 2. The molecule has 2 nitrogen and oxygen atoms in total. The van der Waals surface area contributed by atoms with Crippen LogP contribution in [0.1, 0.15) is 26.3 Å². The van der Waals surface area contributed by atoms with Crippen molar-refractivity contribution in [3.8, 4) is 21.7 Å². The number of para-hydroxylation sites is 1. The van der Waals surface area contributed by atoms with Crippen molar-refractivity contribution >= 4 is 27.2 Å². The highest BCUT2D eigenvalue weighted by Crippen LogP contribution is 2.40. The predicted octanol–water partition coefficient (Wildman–Crippen LogP) is 6.65. The fraction of sp³-hybridized carbons (Fsp3) is 0.174. The standard InChI is InChI=1S/C23H21FN2S/c1-23(2,3)15-12-18(14-8-10-16(24)11-9-14)21-20(13-15)27-22(26-21)17-6-4-5-7-19(17)25/h4-13H,25H2,1-3H3. The molecule has 2 N–H and O–H groups in total. The van der Waals surface area contributed by atoms with E-state index >= 15 is 0 Å². The van der Waals surface area contributed by atoms with E-state index in [-0.39, 0.29) is 11.2 Å². The summed E-state index contributed by atoms with van der Waals surface area (Å²) >= 11 is 1.64. The molecule has 1 heterocycles. The van der Waals surface area contributed by atoms with Crippen molar-refractivity contribution in [3.63, 3.8) is 0 Å². The van der Waals surface area contributed by atoms with Crippen LogP contribution in [-0.4, -0.2) is 4.98 Å². The Balaban J connectivity index is 1.99. The van der Waals surface area contributed by atoms with Crippen molar-refractivity contribution in [1.82, 2.24) is 4.98 Å². The molecule has 0 saturated carbocycles. The molecule has 0 aliphatic carbocycles. The Morgan fingerprint density at radius 3 is 2.30 bits per heavy atom. The first-order chi connectivity index (χ1) is 12.8. The molecule has 136 valence electrons. The van der Waals surface area contributed by atoms with Gasteiger partial charge in [-0.15, -0.1) is 11.3 Å². The van der Waals surface area contributed by atoms with E-state index < -0.39 is 0 Å². The van der Waals surface area contributed by atoms with Crippen molar-refractivity contribution < 1.29 is 4.39 Å². The lowest BCUT2D eigenvalue weighted by atomic mass is 9.85. The molecule has 0 fully saturated rings. The third-order valence-electron chi connectivity index (χ3n) is 4.71. The normalized spacial score (nSPS) is 11.9. The average molecular weight is 377 g/mol. The molecule has 3 aromatic carbocycles. The highest BCUT2D eigenvalue weighted by molar-refractivity contribution is 7.21. The number of nitrogen functional groups attached to an aromatic ring is 1. The molecule has 0 atom stereocenters. The van der Waals surface area contributed by atoms with Gasteiger partial charge in [-0.25, -0.2) is 9.37 Å². The van der Waals surface area contributed by atoms with E-state index in [0.29, 0.717) is 0 Å². The zero-order chi connectivity index (χ0) is 19.2. The Morgan fingerprint density at radius 2 is 1.63 bits per heavy atom. The summed E-state index contributed by atoms with van der Waals surface area (Å²) in [6.07, 6.45) is 0. The van der Waals surface area contributed by atoms with Crippen LogP contribution in [-0.2, 0) is 5.41 Å². The molecule has 4 aromatic rings. The van der Waals surface area contributed by atoms with Gasteiger partial charge >= 0.3 is 0 Å². The Morgan fingerprint density at radius 1 is 0.926 bits per heavy atom. The lowest BCUT2D eigenvalue weighted by molar-refractivity contribution is 0.591. The zero-order valence-corrected chi connectivity index (χ0v) is 16.4. The second kappa shape index (κ2) is 6.46.